The van der Waals surface area contributed by atoms with Crippen LogP contribution in [0.15, 0.2) is 48.5 Å². The average Bonchev–Trinajstić information content (AvgIpc) is 2.45. The molecule has 0 aliphatic heterocycles. The van der Waals surface area contributed by atoms with Gasteiger partial charge in [-0.1, -0.05) is 48.5 Å². The molecule has 0 aliphatic rings. The van der Waals surface area contributed by atoms with Crippen molar-refractivity contribution in [2.45, 2.75) is 0 Å². The summed E-state index contributed by atoms with van der Waals surface area (Å²) in [6, 6.07) is 14.0. The number of aldehydes is 1. The average molecular weight is 249 g/mol. The van der Waals surface area contributed by atoms with Crippen LogP contribution in [0.1, 0.15) is 20.7 Å². The minimum Gasteiger partial charge on any atom is -0.545 e. The molecule has 92 valence electrons. The van der Waals surface area contributed by atoms with Gasteiger partial charge in [-0.3, -0.25) is 4.79 Å². The van der Waals surface area contributed by atoms with Crippen molar-refractivity contribution in [3.8, 4) is 0 Å². The van der Waals surface area contributed by atoms with Crippen LogP contribution in [0.2, 0.25) is 0 Å². The molecule has 3 heteroatoms. The molecule has 0 fully saturated rings. The maximum atomic E-state index is 11.3. The van der Waals surface area contributed by atoms with Crippen molar-refractivity contribution in [2.75, 3.05) is 0 Å². The SMILES string of the molecule is O=Cc1cccc2ccc3cccc(C(=O)[O-])c3c12. The van der Waals surface area contributed by atoms with Crippen LogP contribution in [0.4, 0.5) is 0 Å². The molecule has 0 bridgehead atoms. The Morgan fingerprint density at radius 3 is 2.16 bits per heavy atom. The largest absolute Gasteiger partial charge is 0.545 e. The van der Waals surface area contributed by atoms with Gasteiger partial charge in [0.1, 0.15) is 0 Å². The molecule has 0 radical (unpaired) electrons. The van der Waals surface area contributed by atoms with Gasteiger partial charge in [-0.15, -0.1) is 0 Å². The standard InChI is InChI=1S/C16H10O3/c17-9-12-5-1-3-10-7-8-11-4-2-6-13(16(18)19)15(11)14(10)12/h1-9H,(H,18,19)/p-1. The summed E-state index contributed by atoms with van der Waals surface area (Å²) < 4.78 is 0. The van der Waals surface area contributed by atoms with E-state index in [0.717, 1.165) is 17.1 Å². The number of aromatic carboxylic acids is 1. The maximum absolute atomic E-state index is 11.3. The molecule has 19 heavy (non-hydrogen) atoms. The normalized spacial score (nSPS) is 10.7. The van der Waals surface area contributed by atoms with Crippen LogP contribution in [0, 0.1) is 0 Å². The van der Waals surface area contributed by atoms with E-state index in [1.807, 2.05) is 24.3 Å². The van der Waals surface area contributed by atoms with Gasteiger partial charge in [-0.05, 0) is 16.2 Å². The van der Waals surface area contributed by atoms with Crippen LogP contribution in [0.25, 0.3) is 21.5 Å². The lowest BCUT2D eigenvalue weighted by atomic mass is 9.95. The Kier molecular flexibility index (Phi) is 2.53. The van der Waals surface area contributed by atoms with Gasteiger partial charge in [0.05, 0.1) is 5.97 Å². The fourth-order valence-corrected chi connectivity index (χ4v) is 2.45. The zero-order valence-electron chi connectivity index (χ0n) is 9.92. The van der Waals surface area contributed by atoms with E-state index in [2.05, 4.69) is 0 Å². The second-order valence-corrected chi connectivity index (χ2v) is 4.32. The first kappa shape index (κ1) is 11.4. The molecule has 0 saturated heterocycles. The van der Waals surface area contributed by atoms with Crippen LogP contribution < -0.4 is 5.11 Å². The van der Waals surface area contributed by atoms with Gasteiger partial charge < -0.3 is 9.90 Å². The fourth-order valence-electron chi connectivity index (χ4n) is 2.45. The number of carboxylic acid groups (broad SMARTS) is 1. The highest BCUT2D eigenvalue weighted by molar-refractivity contribution is 6.19. The molecular weight excluding hydrogens is 240 g/mol. The quantitative estimate of drug-likeness (QED) is 0.516. The van der Waals surface area contributed by atoms with Crippen molar-refractivity contribution >= 4 is 33.8 Å². The number of carbonyl (C=O) groups excluding carboxylic acids is 2. The molecule has 0 N–H and O–H groups in total. The zero-order valence-corrected chi connectivity index (χ0v) is 9.92. The van der Waals surface area contributed by atoms with Gasteiger partial charge in [0, 0.05) is 16.5 Å². The first-order chi connectivity index (χ1) is 9.22. The van der Waals surface area contributed by atoms with Gasteiger partial charge in [0.15, 0.2) is 6.29 Å². The first-order valence-electron chi connectivity index (χ1n) is 5.83. The molecule has 0 aliphatic carbocycles. The van der Waals surface area contributed by atoms with E-state index in [1.54, 1.807) is 18.2 Å². The van der Waals surface area contributed by atoms with E-state index in [-0.39, 0.29) is 5.56 Å². The van der Waals surface area contributed by atoms with E-state index in [9.17, 15) is 14.7 Å². The van der Waals surface area contributed by atoms with Crippen LogP contribution in [-0.2, 0) is 0 Å². The van der Waals surface area contributed by atoms with E-state index < -0.39 is 5.97 Å². The lowest BCUT2D eigenvalue weighted by molar-refractivity contribution is -0.254. The van der Waals surface area contributed by atoms with E-state index in [4.69, 9.17) is 0 Å². The van der Waals surface area contributed by atoms with E-state index >= 15 is 0 Å². The first-order valence-corrected chi connectivity index (χ1v) is 5.83. The molecule has 0 aromatic heterocycles. The lowest BCUT2D eigenvalue weighted by Crippen LogP contribution is -2.22. The van der Waals surface area contributed by atoms with Crippen LogP contribution in [0.3, 0.4) is 0 Å². The summed E-state index contributed by atoms with van der Waals surface area (Å²) in [4.78, 5) is 22.4. The predicted octanol–water partition coefficient (Wildman–Crippen LogP) is 2.17. The molecule has 0 unspecified atom stereocenters. The molecule has 0 saturated carbocycles. The van der Waals surface area contributed by atoms with Crippen molar-refractivity contribution in [1.82, 2.24) is 0 Å². The van der Waals surface area contributed by atoms with Crippen LogP contribution >= 0.6 is 0 Å². The van der Waals surface area contributed by atoms with Gasteiger partial charge >= 0.3 is 0 Å². The second kappa shape index (κ2) is 4.21. The summed E-state index contributed by atoms with van der Waals surface area (Å²) in [5.41, 5.74) is 0.592. The maximum Gasteiger partial charge on any atom is 0.150 e. The smallest absolute Gasteiger partial charge is 0.150 e. The van der Waals surface area contributed by atoms with Crippen LogP contribution in [0.5, 0.6) is 0 Å². The number of carbonyl (C=O) groups is 2. The Hall–Kier alpha value is -2.68. The van der Waals surface area contributed by atoms with E-state index in [1.165, 1.54) is 6.07 Å². The van der Waals surface area contributed by atoms with Gasteiger partial charge in [-0.2, -0.15) is 0 Å². The fraction of sp³-hybridized carbons (Fsp3) is 0. The van der Waals surface area contributed by atoms with Crippen LogP contribution in [-0.4, -0.2) is 12.3 Å². The molecule has 0 heterocycles. The second-order valence-electron chi connectivity index (χ2n) is 4.32. The Balaban J connectivity index is 2.64. The number of hydrogen-bond donors (Lipinski definition) is 0. The highest BCUT2D eigenvalue weighted by Crippen LogP contribution is 2.30. The molecule has 3 nitrogen and oxygen atoms in total. The Bertz CT molecular complexity index is 819. The molecule has 0 atom stereocenters. The molecule has 0 amide bonds. The van der Waals surface area contributed by atoms with Crippen molar-refractivity contribution in [3.05, 3.63) is 59.7 Å². The van der Waals surface area contributed by atoms with Gasteiger partial charge in [0.25, 0.3) is 0 Å². The third-order valence-electron chi connectivity index (χ3n) is 3.26. The minimum atomic E-state index is -1.24. The summed E-state index contributed by atoms with van der Waals surface area (Å²) in [5.74, 6) is -1.24. The van der Waals surface area contributed by atoms with Crippen molar-refractivity contribution in [1.29, 1.82) is 0 Å². The van der Waals surface area contributed by atoms with Crippen molar-refractivity contribution in [3.63, 3.8) is 0 Å². The Morgan fingerprint density at radius 2 is 1.53 bits per heavy atom. The summed E-state index contributed by atoms with van der Waals surface area (Å²) in [6.45, 7) is 0. The highest BCUT2D eigenvalue weighted by Gasteiger charge is 2.09. The Labute approximate surface area is 109 Å². The number of hydrogen-bond acceptors (Lipinski definition) is 3. The molecular formula is C16H9O3-. The summed E-state index contributed by atoms with van der Waals surface area (Å²) in [5, 5.41) is 14.1. The zero-order chi connectivity index (χ0) is 13.4. The number of benzene rings is 3. The molecule has 3 rings (SSSR count). The number of rotatable bonds is 2. The number of carboxylic acids is 1. The summed E-state index contributed by atoms with van der Waals surface area (Å²) >= 11 is 0. The molecule has 0 spiro atoms. The lowest BCUT2D eigenvalue weighted by Gasteiger charge is -2.11. The minimum absolute atomic E-state index is 0.109. The monoisotopic (exact) mass is 249 g/mol. The topological polar surface area (TPSA) is 57.2 Å². The summed E-state index contributed by atoms with van der Waals surface area (Å²) in [6.07, 6.45) is 0.744. The van der Waals surface area contributed by atoms with Crippen molar-refractivity contribution in [2.24, 2.45) is 0 Å². The van der Waals surface area contributed by atoms with Gasteiger partial charge in [-0.25, -0.2) is 0 Å². The van der Waals surface area contributed by atoms with Crippen molar-refractivity contribution < 1.29 is 14.7 Å². The third-order valence-corrected chi connectivity index (χ3v) is 3.26. The molecule has 3 aromatic carbocycles. The summed E-state index contributed by atoms with van der Waals surface area (Å²) in [7, 11) is 0. The predicted molar refractivity (Wildman–Crippen MR) is 71.2 cm³/mol. The highest BCUT2D eigenvalue weighted by atomic mass is 16.4. The van der Waals surface area contributed by atoms with E-state index in [0.29, 0.717) is 16.3 Å². The Morgan fingerprint density at radius 1 is 0.895 bits per heavy atom. The van der Waals surface area contributed by atoms with Gasteiger partial charge in [0.2, 0.25) is 0 Å². The molecule has 3 aromatic rings. The number of fused-ring (bicyclic) bond motifs is 3. The third kappa shape index (κ3) is 1.67.